The van der Waals surface area contributed by atoms with Gasteiger partial charge in [0.25, 0.3) is 0 Å². The average molecular weight is 272 g/mol. The van der Waals surface area contributed by atoms with Gasteiger partial charge in [-0.25, -0.2) is 0 Å². The number of rotatable bonds is 3. The highest BCUT2D eigenvalue weighted by atomic mass is 16.5. The van der Waals surface area contributed by atoms with Gasteiger partial charge in [-0.05, 0) is 49.2 Å². The minimum atomic E-state index is -0.380. The van der Waals surface area contributed by atoms with Gasteiger partial charge in [0.05, 0.1) is 0 Å². The van der Waals surface area contributed by atoms with Crippen LogP contribution < -0.4 is 9.47 Å². The molecule has 0 aliphatic rings. The molecule has 0 bridgehead atoms. The number of aromatic hydroxyl groups is 1. The highest BCUT2D eigenvalue weighted by Gasteiger charge is 2.05. The van der Waals surface area contributed by atoms with Crippen LogP contribution in [0.1, 0.15) is 18.1 Å². The zero-order chi connectivity index (χ0) is 14.7. The van der Waals surface area contributed by atoms with E-state index in [4.69, 9.17) is 9.47 Å². The molecule has 1 N–H and O–H groups in total. The first-order valence-corrected chi connectivity index (χ1v) is 6.21. The maximum atomic E-state index is 11.0. The molecule has 0 saturated carbocycles. The van der Waals surface area contributed by atoms with Crippen LogP contribution in [0.25, 0.3) is 0 Å². The lowest BCUT2D eigenvalue weighted by atomic mass is 10.2. The minimum absolute atomic E-state index is 0.146. The van der Waals surface area contributed by atoms with Crippen LogP contribution >= 0.6 is 0 Å². The number of phenolic OH excluding ortho intramolecular Hbond substituents is 1. The van der Waals surface area contributed by atoms with Crippen molar-refractivity contribution in [3.63, 3.8) is 0 Å². The number of aryl methyl sites for hydroxylation is 2. The summed E-state index contributed by atoms with van der Waals surface area (Å²) in [6, 6.07) is 10.2. The summed E-state index contributed by atoms with van der Waals surface area (Å²) in [6.07, 6.45) is 0. The van der Waals surface area contributed by atoms with Gasteiger partial charge >= 0.3 is 5.97 Å². The Bertz CT molecular complexity index is 627. The van der Waals surface area contributed by atoms with Crippen LogP contribution in [-0.4, -0.2) is 11.1 Å². The number of benzene rings is 2. The molecule has 104 valence electrons. The van der Waals surface area contributed by atoms with Crippen LogP contribution in [0.4, 0.5) is 0 Å². The molecule has 0 aromatic heterocycles. The molecule has 0 amide bonds. The molecule has 20 heavy (non-hydrogen) atoms. The van der Waals surface area contributed by atoms with Crippen molar-refractivity contribution in [3.8, 4) is 23.0 Å². The van der Waals surface area contributed by atoms with Crippen LogP contribution in [0.2, 0.25) is 0 Å². The lowest BCUT2D eigenvalue weighted by Crippen LogP contribution is -2.01. The second kappa shape index (κ2) is 5.65. The highest BCUT2D eigenvalue weighted by molar-refractivity contribution is 5.69. The van der Waals surface area contributed by atoms with Crippen molar-refractivity contribution in [3.05, 3.63) is 47.5 Å². The van der Waals surface area contributed by atoms with E-state index in [1.807, 2.05) is 26.0 Å². The number of hydrogen-bond donors (Lipinski definition) is 1. The summed E-state index contributed by atoms with van der Waals surface area (Å²) in [5.74, 6) is 1.28. The second-order valence-electron chi connectivity index (χ2n) is 4.68. The predicted molar refractivity (Wildman–Crippen MR) is 75.4 cm³/mol. The first kappa shape index (κ1) is 13.9. The Labute approximate surface area is 117 Å². The number of hydrogen-bond acceptors (Lipinski definition) is 4. The Balaban J connectivity index is 2.28. The summed E-state index contributed by atoms with van der Waals surface area (Å²) >= 11 is 0. The quantitative estimate of drug-likeness (QED) is 0.683. The van der Waals surface area contributed by atoms with E-state index in [0.717, 1.165) is 11.1 Å². The van der Waals surface area contributed by atoms with Crippen molar-refractivity contribution in [2.24, 2.45) is 0 Å². The fourth-order valence-electron chi connectivity index (χ4n) is 1.92. The maximum absolute atomic E-state index is 11.0. The van der Waals surface area contributed by atoms with Gasteiger partial charge in [0.15, 0.2) is 0 Å². The molecule has 4 heteroatoms. The molecule has 0 saturated heterocycles. The molecule has 0 aliphatic carbocycles. The molecule has 2 rings (SSSR count). The molecule has 2 aromatic carbocycles. The van der Waals surface area contributed by atoms with E-state index in [9.17, 15) is 9.90 Å². The van der Waals surface area contributed by atoms with Gasteiger partial charge in [-0.15, -0.1) is 0 Å². The fourth-order valence-corrected chi connectivity index (χ4v) is 1.92. The van der Waals surface area contributed by atoms with E-state index in [-0.39, 0.29) is 11.7 Å². The molecule has 0 spiro atoms. The van der Waals surface area contributed by atoms with Crippen molar-refractivity contribution in [1.29, 1.82) is 0 Å². The Morgan fingerprint density at radius 2 is 1.45 bits per heavy atom. The lowest BCUT2D eigenvalue weighted by Gasteiger charge is -2.10. The van der Waals surface area contributed by atoms with Crippen LogP contribution in [0.5, 0.6) is 23.0 Å². The summed E-state index contributed by atoms with van der Waals surface area (Å²) in [5, 5.41) is 9.55. The largest absolute Gasteiger partial charge is 0.508 e. The van der Waals surface area contributed by atoms with Gasteiger partial charge < -0.3 is 14.6 Å². The Morgan fingerprint density at radius 1 is 0.900 bits per heavy atom. The zero-order valence-corrected chi connectivity index (χ0v) is 11.6. The van der Waals surface area contributed by atoms with E-state index in [1.54, 1.807) is 18.2 Å². The fraction of sp³-hybridized carbons (Fsp3) is 0.188. The molecule has 0 aliphatic heterocycles. The number of carbonyl (C=O) groups excluding carboxylic acids is 1. The monoisotopic (exact) mass is 272 g/mol. The van der Waals surface area contributed by atoms with Crippen molar-refractivity contribution in [2.45, 2.75) is 20.8 Å². The lowest BCUT2D eigenvalue weighted by molar-refractivity contribution is -0.131. The maximum Gasteiger partial charge on any atom is 0.308 e. The average Bonchev–Trinajstić information content (AvgIpc) is 2.24. The summed E-state index contributed by atoms with van der Waals surface area (Å²) < 4.78 is 10.7. The third kappa shape index (κ3) is 3.75. The molecule has 0 radical (unpaired) electrons. The van der Waals surface area contributed by atoms with Gasteiger partial charge in [0.1, 0.15) is 23.0 Å². The van der Waals surface area contributed by atoms with E-state index in [1.165, 1.54) is 13.0 Å². The third-order valence-corrected chi connectivity index (χ3v) is 2.56. The van der Waals surface area contributed by atoms with Gasteiger partial charge in [-0.2, -0.15) is 0 Å². The number of phenols is 1. The van der Waals surface area contributed by atoms with Crippen LogP contribution in [0.3, 0.4) is 0 Å². The van der Waals surface area contributed by atoms with Crippen LogP contribution in [0.15, 0.2) is 36.4 Å². The third-order valence-electron chi connectivity index (χ3n) is 2.56. The number of esters is 1. The van der Waals surface area contributed by atoms with Crippen molar-refractivity contribution < 1.29 is 19.4 Å². The topological polar surface area (TPSA) is 55.8 Å². The summed E-state index contributed by atoms with van der Waals surface area (Å²) in [7, 11) is 0. The van der Waals surface area contributed by atoms with E-state index < -0.39 is 0 Å². The van der Waals surface area contributed by atoms with E-state index in [0.29, 0.717) is 17.2 Å². The first-order chi connectivity index (χ1) is 9.42. The molecule has 0 heterocycles. The normalized spacial score (nSPS) is 10.2. The van der Waals surface area contributed by atoms with Crippen LogP contribution in [0, 0.1) is 13.8 Å². The van der Waals surface area contributed by atoms with E-state index >= 15 is 0 Å². The Kier molecular flexibility index (Phi) is 3.94. The standard InChI is InChI=1S/C16H16O4/c1-10-4-13(18)8-14(5-10)20-16-7-11(2)6-15(9-16)19-12(3)17/h4-9,18H,1-3H3. The highest BCUT2D eigenvalue weighted by Crippen LogP contribution is 2.30. The summed E-state index contributed by atoms with van der Waals surface area (Å²) in [6.45, 7) is 5.10. The molecule has 2 aromatic rings. The second-order valence-corrected chi connectivity index (χ2v) is 4.68. The SMILES string of the molecule is CC(=O)Oc1cc(C)cc(Oc2cc(C)cc(O)c2)c1. The Morgan fingerprint density at radius 3 is 2.05 bits per heavy atom. The van der Waals surface area contributed by atoms with Gasteiger partial charge in [0.2, 0.25) is 0 Å². The van der Waals surface area contributed by atoms with Crippen molar-refractivity contribution in [2.75, 3.05) is 0 Å². The number of ether oxygens (including phenoxy) is 2. The molecule has 0 atom stereocenters. The predicted octanol–water partition coefficient (Wildman–Crippen LogP) is 3.73. The van der Waals surface area contributed by atoms with E-state index in [2.05, 4.69) is 0 Å². The smallest absolute Gasteiger partial charge is 0.308 e. The van der Waals surface area contributed by atoms with Crippen molar-refractivity contribution >= 4 is 5.97 Å². The molecule has 0 unspecified atom stereocenters. The van der Waals surface area contributed by atoms with Gasteiger partial charge in [0, 0.05) is 19.1 Å². The Hall–Kier alpha value is -2.49. The van der Waals surface area contributed by atoms with Gasteiger partial charge in [-0.3, -0.25) is 4.79 Å². The van der Waals surface area contributed by atoms with Crippen LogP contribution in [-0.2, 0) is 4.79 Å². The number of carbonyl (C=O) groups is 1. The molecule has 4 nitrogen and oxygen atoms in total. The minimum Gasteiger partial charge on any atom is -0.508 e. The molecular weight excluding hydrogens is 256 g/mol. The zero-order valence-electron chi connectivity index (χ0n) is 11.6. The summed E-state index contributed by atoms with van der Waals surface area (Å²) in [4.78, 5) is 11.0. The summed E-state index contributed by atoms with van der Waals surface area (Å²) in [5.41, 5.74) is 1.81. The molecule has 0 fully saturated rings. The van der Waals surface area contributed by atoms with Gasteiger partial charge in [-0.1, -0.05) is 0 Å². The molecular formula is C16H16O4. The van der Waals surface area contributed by atoms with Crippen molar-refractivity contribution in [1.82, 2.24) is 0 Å². The first-order valence-electron chi connectivity index (χ1n) is 6.21.